The van der Waals surface area contributed by atoms with Gasteiger partial charge in [0.2, 0.25) is 0 Å². The minimum atomic E-state index is -0.206. The van der Waals surface area contributed by atoms with Gasteiger partial charge in [-0.2, -0.15) is 0 Å². The number of amides is 1. The lowest BCUT2D eigenvalue weighted by Crippen LogP contribution is -2.46. The number of fused-ring (bicyclic) bond motifs is 1. The number of carbonyl (C=O) groups excluding carboxylic acids is 1. The Balaban J connectivity index is 1.41. The van der Waals surface area contributed by atoms with E-state index in [9.17, 15) is 9.59 Å². The van der Waals surface area contributed by atoms with Gasteiger partial charge in [0.25, 0.3) is 11.5 Å². The van der Waals surface area contributed by atoms with E-state index < -0.39 is 0 Å². The first-order valence-electron chi connectivity index (χ1n) is 10.3. The number of aromatic amines is 1. The molecule has 5 rings (SSSR count). The van der Waals surface area contributed by atoms with E-state index >= 15 is 0 Å². The van der Waals surface area contributed by atoms with Crippen molar-refractivity contribution >= 4 is 16.8 Å². The van der Waals surface area contributed by atoms with E-state index in [1.807, 2.05) is 48.2 Å². The quantitative estimate of drug-likeness (QED) is 0.535. The summed E-state index contributed by atoms with van der Waals surface area (Å²) < 4.78 is 1.60. The second kappa shape index (κ2) is 7.81. The van der Waals surface area contributed by atoms with Gasteiger partial charge < -0.3 is 15.2 Å². The zero-order chi connectivity index (χ0) is 21.4. The lowest BCUT2D eigenvalue weighted by atomic mass is 10.1. The maximum absolute atomic E-state index is 12.6. The number of piperazine rings is 1. The molecule has 0 radical (unpaired) electrons. The largest absolute Gasteiger partial charge is 0.336 e. The molecule has 1 amide bonds. The third kappa shape index (κ3) is 3.73. The molecule has 0 saturated carbocycles. The van der Waals surface area contributed by atoms with Crippen molar-refractivity contribution in [2.75, 3.05) is 26.2 Å². The van der Waals surface area contributed by atoms with Crippen LogP contribution in [0, 0.1) is 6.92 Å². The highest BCUT2D eigenvalue weighted by atomic mass is 16.2. The number of benzene rings is 2. The average Bonchev–Trinajstić information content (AvgIpc) is 3.29. The van der Waals surface area contributed by atoms with Crippen molar-refractivity contribution in [1.82, 2.24) is 30.2 Å². The highest BCUT2D eigenvalue weighted by Crippen LogP contribution is 2.20. The summed E-state index contributed by atoms with van der Waals surface area (Å²) in [6.45, 7) is 5.05. The van der Waals surface area contributed by atoms with Crippen LogP contribution >= 0.6 is 0 Å². The monoisotopic (exact) mass is 414 g/mol. The molecule has 31 heavy (non-hydrogen) atoms. The normalized spacial score (nSPS) is 14.2. The number of pyridine rings is 1. The Morgan fingerprint density at radius 2 is 1.81 bits per heavy atom. The third-order valence-corrected chi connectivity index (χ3v) is 5.55. The van der Waals surface area contributed by atoms with Crippen LogP contribution in [0.4, 0.5) is 0 Å². The summed E-state index contributed by atoms with van der Waals surface area (Å²) in [6, 6.07) is 15.0. The fraction of sp³-hybridized carbons (Fsp3) is 0.217. The van der Waals surface area contributed by atoms with Gasteiger partial charge in [0.1, 0.15) is 5.69 Å². The first-order valence-corrected chi connectivity index (χ1v) is 10.3. The SMILES string of the molecule is Cc1ccc2cc(-c3cn(-c4ccc(C(=O)N5CCNCC5)cc4)nn3)c(=O)[nH]c2c1. The van der Waals surface area contributed by atoms with E-state index in [4.69, 9.17) is 0 Å². The van der Waals surface area contributed by atoms with Crippen molar-refractivity contribution in [3.05, 3.63) is 76.2 Å². The fourth-order valence-corrected chi connectivity index (χ4v) is 3.83. The number of aryl methyl sites for hydroxylation is 1. The molecule has 2 aromatic carbocycles. The Bertz CT molecular complexity index is 1320. The molecule has 2 aromatic heterocycles. The molecule has 156 valence electrons. The molecule has 1 aliphatic rings. The number of hydrogen-bond donors (Lipinski definition) is 2. The minimum Gasteiger partial charge on any atom is -0.336 e. The maximum Gasteiger partial charge on any atom is 0.258 e. The van der Waals surface area contributed by atoms with E-state index in [1.165, 1.54) is 0 Å². The van der Waals surface area contributed by atoms with Gasteiger partial charge in [0.05, 0.1) is 17.4 Å². The Hall–Kier alpha value is -3.78. The van der Waals surface area contributed by atoms with Crippen LogP contribution in [-0.2, 0) is 0 Å². The van der Waals surface area contributed by atoms with Crippen LogP contribution in [0.2, 0.25) is 0 Å². The number of nitrogens with zero attached hydrogens (tertiary/aromatic N) is 4. The van der Waals surface area contributed by atoms with Crippen molar-refractivity contribution in [3.8, 4) is 16.9 Å². The zero-order valence-electron chi connectivity index (χ0n) is 17.1. The smallest absolute Gasteiger partial charge is 0.258 e. The third-order valence-electron chi connectivity index (χ3n) is 5.55. The lowest BCUT2D eigenvalue weighted by molar-refractivity contribution is 0.0736. The van der Waals surface area contributed by atoms with Crippen LogP contribution in [0.1, 0.15) is 15.9 Å². The van der Waals surface area contributed by atoms with Gasteiger partial charge in [-0.3, -0.25) is 9.59 Å². The number of rotatable bonds is 3. The highest BCUT2D eigenvalue weighted by Gasteiger charge is 2.18. The molecule has 0 spiro atoms. The summed E-state index contributed by atoms with van der Waals surface area (Å²) in [7, 11) is 0. The highest BCUT2D eigenvalue weighted by molar-refractivity contribution is 5.94. The Morgan fingerprint density at radius 1 is 1.03 bits per heavy atom. The summed E-state index contributed by atoms with van der Waals surface area (Å²) in [5.41, 5.74) is 4.04. The molecule has 4 aromatic rings. The molecule has 0 atom stereocenters. The Labute approximate surface area is 178 Å². The van der Waals surface area contributed by atoms with Crippen LogP contribution < -0.4 is 10.9 Å². The van der Waals surface area contributed by atoms with Crippen molar-refractivity contribution in [1.29, 1.82) is 0 Å². The molecule has 0 bridgehead atoms. The number of carbonyl (C=O) groups is 1. The molecule has 1 fully saturated rings. The molecule has 1 aliphatic heterocycles. The first kappa shape index (κ1) is 19.2. The number of nitrogens with one attached hydrogen (secondary N) is 2. The molecule has 1 saturated heterocycles. The number of aromatic nitrogens is 4. The predicted molar refractivity (Wildman–Crippen MR) is 118 cm³/mol. The van der Waals surface area contributed by atoms with E-state index in [1.54, 1.807) is 23.0 Å². The number of hydrogen-bond acceptors (Lipinski definition) is 5. The summed E-state index contributed by atoms with van der Waals surface area (Å²) >= 11 is 0. The Kier molecular flexibility index (Phi) is 4.83. The van der Waals surface area contributed by atoms with Crippen LogP contribution in [0.15, 0.2) is 59.5 Å². The van der Waals surface area contributed by atoms with Gasteiger partial charge in [-0.25, -0.2) is 4.68 Å². The van der Waals surface area contributed by atoms with Gasteiger partial charge in [-0.05, 0) is 54.3 Å². The van der Waals surface area contributed by atoms with Gasteiger partial charge in [-0.1, -0.05) is 17.3 Å². The molecule has 0 unspecified atom stereocenters. The summed E-state index contributed by atoms with van der Waals surface area (Å²) in [4.78, 5) is 30.0. The van der Waals surface area contributed by atoms with Crippen molar-refractivity contribution in [2.24, 2.45) is 0 Å². The molecule has 3 heterocycles. The van der Waals surface area contributed by atoms with Crippen molar-refractivity contribution in [2.45, 2.75) is 6.92 Å². The molecular formula is C23H22N6O2. The zero-order valence-corrected chi connectivity index (χ0v) is 17.1. The topological polar surface area (TPSA) is 95.9 Å². The first-order chi connectivity index (χ1) is 15.1. The van der Waals surface area contributed by atoms with Crippen LogP contribution in [0.25, 0.3) is 27.8 Å². The van der Waals surface area contributed by atoms with E-state index in [-0.39, 0.29) is 11.5 Å². The molecule has 8 heteroatoms. The summed E-state index contributed by atoms with van der Waals surface area (Å²) in [5, 5.41) is 12.5. The molecular weight excluding hydrogens is 392 g/mol. The molecule has 8 nitrogen and oxygen atoms in total. The van der Waals surface area contributed by atoms with Crippen LogP contribution in [-0.4, -0.2) is 57.0 Å². The van der Waals surface area contributed by atoms with Gasteiger partial charge >= 0.3 is 0 Å². The predicted octanol–water partition coefficient (Wildman–Crippen LogP) is 2.13. The van der Waals surface area contributed by atoms with Crippen LogP contribution in [0.5, 0.6) is 0 Å². The maximum atomic E-state index is 12.6. The molecule has 0 aliphatic carbocycles. The summed E-state index contributed by atoms with van der Waals surface area (Å²) in [6.07, 6.45) is 1.72. The van der Waals surface area contributed by atoms with E-state index in [0.29, 0.717) is 29.9 Å². The fourth-order valence-electron chi connectivity index (χ4n) is 3.83. The average molecular weight is 414 g/mol. The van der Waals surface area contributed by atoms with Crippen molar-refractivity contribution in [3.63, 3.8) is 0 Å². The summed E-state index contributed by atoms with van der Waals surface area (Å²) in [5.74, 6) is 0.0327. The number of H-pyrrole nitrogens is 1. The lowest BCUT2D eigenvalue weighted by Gasteiger charge is -2.27. The van der Waals surface area contributed by atoms with E-state index in [0.717, 1.165) is 35.2 Å². The molecule has 2 N–H and O–H groups in total. The van der Waals surface area contributed by atoms with Gasteiger partial charge in [0.15, 0.2) is 0 Å². The van der Waals surface area contributed by atoms with Crippen molar-refractivity contribution < 1.29 is 4.79 Å². The second-order valence-electron chi connectivity index (χ2n) is 7.74. The van der Waals surface area contributed by atoms with Gasteiger partial charge in [0, 0.05) is 37.3 Å². The second-order valence-corrected chi connectivity index (χ2v) is 7.74. The van der Waals surface area contributed by atoms with E-state index in [2.05, 4.69) is 20.6 Å². The minimum absolute atomic E-state index is 0.0327. The Morgan fingerprint density at radius 3 is 2.58 bits per heavy atom. The standard InChI is InChI=1S/C23H22N6O2/c1-15-2-3-17-13-19(22(30)25-20(17)12-15)21-14-29(27-26-21)18-6-4-16(5-7-18)23(31)28-10-8-24-9-11-28/h2-7,12-14,24H,8-11H2,1H3,(H,25,30). The van der Waals surface area contributed by atoms with Crippen LogP contribution in [0.3, 0.4) is 0 Å². The van der Waals surface area contributed by atoms with Gasteiger partial charge in [-0.15, -0.1) is 5.10 Å².